The van der Waals surface area contributed by atoms with Crippen molar-refractivity contribution in [2.75, 3.05) is 0 Å². The molecule has 0 aromatic heterocycles. The van der Waals surface area contributed by atoms with E-state index >= 15 is 0 Å². The highest BCUT2D eigenvalue weighted by Crippen LogP contribution is 2.36. The molecule has 0 radical (unpaired) electrons. The maximum absolute atomic E-state index is 13.2. The van der Waals surface area contributed by atoms with Crippen LogP contribution in [0.15, 0.2) is 12.1 Å². The third kappa shape index (κ3) is 2.92. The van der Waals surface area contributed by atoms with E-state index < -0.39 is 40.1 Å². The summed E-state index contributed by atoms with van der Waals surface area (Å²) < 4.78 is 86.2. The molecule has 0 amide bonds. The molecule has 100 valence electrons. The summed E-state index contributed by atoms with van der Waals surface area (Å²) in [7, 11) is 0. The van der Waals surface area contributed by atoms with Gasteiger partial charge >= 0.3 is 12.4 Å². The molecule has 1 rings (SSSR count). The van der Waals surface area contributed by atoms with Gasteiger partial charge in [0.25, 0.3) is 5.78 Å². The van der Waals surface area contributed by atoms with Crippen LogP contribution in [0.4, 0.5) is 30.7 Å². The quantitative estimate of drug-likeness (QED) is 0.559. The second kappa shape index (κ2) is 4.42. The lowest BCUT2D eigenvalue weighted by atomic mass is 10.1. The fourth-order valence-corrected chi connectivity index (χ4v) is 1.33. The molecule has 0 saturated heterocycles. The molecule has 1 nitrogen and oxygen atoms in total. The van der Waals surface area contributed by atoms with E-state index in [9.17, 15) is 35.5 Å². The molecular weight excluding hydrogens is 293 g/mol. The highest BCUT2D eigenvalue weighted by Gasteiger charge is 2.44. The Labute approximate surface area is 100 Å². The van der Waals surface area contributed by atoms with Crippen molar-refractivity contribution < 1.29 is 35.5 Å². The summed E-state index contributed by atoms with van der Waals surface area (Å²) in [5.74, 6) is -5.03. The maximum atomic E-state index is 13.2. The van der Waals surface area contributed by atoms with Crippen LogP contribution in [-0.2, 0) is 6.18 Å². The number of ketones is 1. The number of alkyl halides is 6. The molecule has 9 heteroatoms. The van der Waals surface area contributed by atoms with Crippen LogP contribution in [0.25, 0.3) is 0 Å². The lowest BCUT2D eigenvalue weighted by Crippen LogP contribution is -2.25. The van der Waals surface area contributed by atoms with Crippen molar-refractivity contribution in [1.29, 1.82) is 0 Å². The molecule has 0 saturated carbocycles. The van der Waals surface area contributed by atoms with Gasteiger partial charge in [-0.25, -0.2) is 4.39 Å². The van der Waals surface area contributed by atoms with Crippen LogP contribution < -0.4 is 0 Å². The zero-order chi connectivity index (χ0) is 14.3. The molecule has 0 atom stereocenters. The number of halogens is 8. The Kier molecular flexibility index (Phi) is 3.62. The minimum Gasteiger partial charge on any atom is -0.284 e. The molecule has 0 aliphatic carbocycles. The fraction of sp³-hybridized carbons (Fsp3) is 0.222. The van der Waals surface area contributed by atoms with E-state index in [0.29, 0.717) is 0 Å². The second-order valence-electron chi connectivity index (χ2n) is 3.14. The van der Waals surface area contributed by atoms with Gasteiger partial charge in [0.05, 0.1) is 11.1 Å². The first kappa shape index (κ1) is 14.7. The predicted octanol–water partition coefficient (Wildman–Crippen LogP) is 4.24. The lowest BCUT2D eigenvalue weighted by molar-refractivity contribution is -0.140. The number of rotatable bonds is 1. The van der Waals surface area contributed by atoms with Gasteiger partial charge in [0.2, 0.25) is 0 Å². The van der Waals surface area contributed by atoms with Crippen molar-refractivity contribution in [3.63, 3.8) is 0 Å². The van der Waals surface area contributed by atoms with E-state index in [0.717, 1.165) is 0 Å². The van der Waals surface area contributed by atoms with Crippen LogP contribution in [0.1, 0.15) is 15.9 Å². The average molecular weight is 295 g/mol. The molecular formula is C9H2ClF7O. The van der Waals surface area contributed by atoms with Crippen molar-refractivity contribution >= 4 is 17.4 Å². The smallest absolute Gasteiger partial charge is 0.284 e. The molecule has 0 unspecified atom stereocenters. The Morgan fingerprint density at radius 3 is 1.94 bits per heavy atom. The van der Waals surface area contributed by atoms with Crippen LogP contribution in [0.5, 0.6) is 0 Å². The van der Waals surface area contributed by atoms with Gasteiger partial charge in [-0.3, -0.25) is 4.79 Å². The molecule has 0 aliphatic rings. The first-order valence-electron chi connectivity index (χ1n) is 4.12. The SMILES string of the molecule is O=C(c1cc(Cl)cc(C(F)(F)F)c1F)C(F)(F)F. The van der Waals surface area contributed by atoms with Gasteiger partial charge in [-0.2, -0.15) is 26.3 Å². The van der Waals surface area contributed by atoms with E-state index in [2.05, 4.69) is 0 Å². The van der Waals surface area contributed by atoms with Crippen LogP contribution in [-0.4, -0.2) is 12.0 Å². The Balaban J connectivity index is 3.49. The first-order valence-corrected chi connectivity index (χ1v) is 4.50. The zero-order valence-electron chi connectivity index (χ0n) is 8.09. The molecule has 0 heterocycles. The topological polar surface area (TPSA) is 17.1 Å². The van der Waals surface area contributed by atoms with Gasteiger partial charge in [0.15, 0.2) is 0 Å². The summed E-state index contributed by atoms with van der Waals surface area (Å²) in [5, 5.41) is -0.823. The van der Waals surface area contributed by atoms with E-state index in [1.54, 1.807) is 0 Å². The molecule has 0 fully saturated rings. The van der Waals surface area contributed by atoms with Crippen LogP contribution >= 0.6 is 11.6 Å². The largest absolute Gasteiger partial charge is 0.454 e. The minimum atomic E-state index is -5.49. The number of hydrogen-bond acceptors (Lipinski definition) is 1. The third-order valence-electron chi connectivity index (χ3n) is 1.84. The van der Waals surface area contributed by atoms with Crippen molar-refractivity contribution in [2.45, 2.75) is 12.4 Å². The summed E-state index contributed by atoms with van der Waals surface area (Å²) in [6, 6.07) is 0.298. The Morgan fingerprint density at radius 2 is 1.56 bits per heavy atom. The van der Waals surface area contributed by atoms with Crippen molar-refractivity contribution in [2.24, 2.45) is 0 Å². The Hall–Kier alpha value is -1.31. The number of carbonyl (C=O) groups excluding carboxylic acids is 1. The average Bonchev–Trinajstić information content (AvgIpc) is 2.17. The van der Waals surface area contributed by atoms with Gasteiger partial charge in [-0.05, 0) is 12.1 Å². The van der Waals surface area contributed by atoms with Crippen LogP contribution in [0.2, 0.25) is 5.02 Å². The molecule has 1 aromatic carbocycles. The normalized spacial score (nSPS) is 12.7. The van der Waals surface area contributed by atoms with Gasteiger partial charge < -0.3 is 0 Å². The van der Waals surface area contributed by atoms with Crippen molar-refractivity contribution in [1.82, 2.24) is 0 Å². The van der Waals surface area contributed by atoms with Crippen molar-refractivity contribution in [3.8, 4) is 0 Å². The fourth-order valence-electron chi connectivity index (χ4n) is 1.11. The van der Waals surface area contributed by atoms with E-state index in [-0.39, 0.29) is 12.1 Å². The summed E-state index contributed by atoms with van der Waals surface area (Å²) in [5.41, 5.74) is -3.79. The lowest BCUT2D eigenvalue weighted by Gasteiger charge is -2.12. The van der Waals surface area contributed by atoms with Gasteiger partial charge in [-0.1, -0.05) is 11.6 Å². The van der Waals surface area contributed by atoms with E-state index in [1.165, 1.54) is 0 Å². The van der Waals surface area contributed by atoms with Crippen LogP contribution in [0.3, 0.4) is 0 Å². The molecule has 1 aromatic rings. The predicted molar refractivity (Wildman–Crippen MR) is 46.8 cm³/mol. The number of hydrogen-bond donors (Lipinski definition) is 0. The monoisotopic (exact) mass is 294 g/mol. The highest BCUT2D eigenvalue weighted by atomic mass is 35.5. The summed E-state index contributed by atoms with van der Waals surface area (Å²) >= 11 is 5.14. The third-order valence-corrected chi connectivity index (χ3v) is 2.06. The summed E-state index contributed by atoms with van der Waals surface area (Å²) in [6.45, 7) is 0. The summed E-state index contributed by atoms with van der Waals surface area (Å²) in [6.07, 6.45) is -10.7. The van der Waals surface area contributed by atoms with Gasteiger partial charge in [0.1, 0.15) is 5.82 Å². The van der Waals surface area contributed by atoms with Crippen LogP contribution in [0, 0.1) is 5.82 Å². The molecule has 0 N–H and O–H groups in total. The number of benzene rings is 1. The highest BCUT2D eigenvalue weighted by molar-refractivity contribution is 6.31. The maximum Gasteiger partial charge on any atom is 0.454 e. The number of Topliss-reactive ketones (excluding diaryl/α,β-unsaturated/α-hetero) is 1. The van der Waals surface area contributed by atoms with Crippen molar-refractivity contribution in [3.05, 3.63) is 34.1 Å². The first-order chi connectivity index (χ1) is 7.94. The molecule has 0 bridgehead atoms. The summed E-state index contributed by atoms with van der Waals surface area (Å²) in [4.78, 5) is 10.7. The Morgan fingerprint density at radius 1 is 1.06 bits per heavy atom. The van der Waals surface area contributed by atoms with Gasteiger partial charge in [0, 0.05) is 5.02 Å². The van der Waals surface area contributed by atoms with Gasteiger partial charge in [-0.15, -0.1) is 0 Å². The molecule has 0 aliphatic heterocycles. The van der Waals surface area contributed by atoms with E-state index in [1.807, 2.05) is 0 Å². The standard InChI is InChI=1S/C9H2ClF7O/c10-3-1-4(7(18)9(15,16)17)6(11)5(2-3)8(12,13)14/h1-2H. The minimum absolute atomic E-state index is 0.101. The zero-order valence-corrected chi connectivity index (χ0v) is 8.84. The molecule has 18 heavy (non-hydrogen) atoms. The Bertz CT molecular complexity index is 489. The molecule has 0 spiro atoms. The second-order valence-corrected chi connectivity index (χ2v) is 3.58. The van der Waals surface area contributed by atoms with E-state index in [4.69, 9.17) is 11.6 Å². The number of carbonyl (C=O) groups is 1.